The van der Waals surface area contributed by atoms with Gasteiger partial charge in [-0.2, -0.15) is 0 Å². The van der Waals surface area contributed by atoms with Crippen LogP contribution in [-0.4, -0.2) is 35.0 Å². The second-order valence-corrected chi connectivity index (χ2v) is 6.19. The monoisotopic (exact) mass is 255 g/mol. The van der Waals surface area contributed by atoms with Crippen LogP contribution in [0.5, 0.6) is 0 Å². The Balaban J connectivity index is 2.61. The highest BCUT2D eigenvalue weighted by atomic mass is 16.5. The number of nitrogens with one attached hydrogen (secondary N) is 1. The molecule has 0 bridgehead atoms. The lowest BCUT2D eigenvalue weighted by molar-refractivity contribution is -0.0717. The number of rotatable bonds is 5. The summed E-state index contributed by atoms with van der Waals surface area (Å²) < 4.78 is 5.97. The van der Waals surface area contributed by atoms with E-state index in [1.807, 2.05) is 6.08 Å². The van der Waals surface area contributed by atoms with Gasteiger partial charge in [-0.3, -0.25) is 0 Å². The van der Waals surface area contributed by atoms with E-state index in [9.17, 15) is 5.11 Å². The molecule has 0 fully saturated rings. The summed E-state index contributed by atoms with van der Waals surface area (Å²) in [6, 6.07) is 0.0781. The van der Waals surface area contributed by atoms with E-state index in [2.05, 4.69) is 46.0 Å². The molecule has 0 aromatic carbocycles. The van der Waals surface area contributed by atoms with Crippen molar-refractivity contribution in [1.29, 1.82) is 0 Å². The van der Waals surface area contributed by atoms with Crippen LogP contribution in [0.25, 0.3) is 0 Å². The highest BCUT2D eigenvalue weighted by molar-refractivity contribution is 5.06. The van der Waals surface area contributed by atoms with Gasteiger partial charge < -0.3 is 15.2 Å². The first-order valence-electron chi connectivity index (χ1n) is 7.15. The molecule has 3 atom stereocenters. The third-order valence-electron chi connectivity index (χ3n) is 3.34. The maximum Gasteiger partial charge on any atom is 0.103 e. The lowest BCUT2D eigenvalue weighted by Crippen LogP contribution is -2.54. The van der Waals surface area contributed by atoms with E-state index in [-0.39, 0.29) is 23.8 Å². The van der Waals surface area contributed by atoms with Gasteiger partial charge in [0.05, 0.1) is 12.2 Å². The number of ether oxygens (including phenoxy) is 1. The van der Waals surface area contributed by atoms with E-state index in [4.69, 9.17) is 4.74 Å². The van der Waals surface area contributed by atoms with Crippen LogP contribution in [0.2, 0.25) is 0 Å². The summed E-state index contributed by atoms with van der Waals surface area (Å²) in [5.41, 5.74) is 0.0102. The zero-order valence-corrected chi connectivity index (χ0v) is 12.4. The maximum atomic E-state index is 10.4. The molecule has 0 saturated carbocycles. The van der Waals surface area contributed by atoms with Crippen molar-refractivity contribution < 1.29 is 9.84 Å². The van der Waals surface area contributed by atoms with Crippen LogP contribution in [0.1, 0.15) is 53.9 Å². The number of hydrogen-bond acceptors (Lipinski definition) is 3. The molecule has 0 amide bonds. The summed E-state index contributed by atoms with van der Waals surface area (Å²) in [7, 11) is 0. The lowest BCUT2D eigenvalue weighted by Gasteiger charge is -2.37. The minimum Gasteiger partial charge on any atom is -0.388 e. The SMILES string of the molecule is CCC(CC)O[C@@H]1C=CC[C@@H](NC(C)(C)C)[C@@H]1O. The Morgan fingerprint density at radius 2 is 1.94 bits per heavy atom. The summed E-state index contributed by atoms with van der Waals surface area (Å²) in [5, 5.41) is 13.9. The predicted octanol–water partition coefficient (Wildman–Crippen LogP) is 2.64. The molecule has 106 valence electrons. The van der Waals surface area contributed by atoms with Gasteiger partial charge in [-0.1, -0.05) is 26.0 Å². The molecule has 0 unspecified atom stereocenters. The molecule has 2 N–H and O–H groups in total. The van der Waals surface area contributed by atoms with E-state index in [1.165, 1.54) is 0 Å². The van der Waals surface area contributed by atoms with E-state index >= 15 is 0 Å². The van der Waals surface area contributed by atoms with Crippen molar-refractivity contribution in [2.45, 2.75) is 83.8 Å². The minimum absolute atomic E-state index is 0.0102. The summed E-state index contributed by atoms with van der Waals surface area (Å²) in [4.78, 5) is 0. The van der Waals surface area contributed by atoms with Gasteiger partial charge in [-0.25, -0.2) is 0 Å². The van der Waals surface area contributed by atoms with Crippen LogP contribution in [0.15, 0.2) is 12.2 Å². The van der Waals surface area contributed by atoms with Gasteiger partial charge >= 0.3 is 0 Å². The molecule has 0 aromatic heterocycles. The van der Waals surface area contributed by atoms with Crippen molar-refractivity contribution in [3.05, 3.63) is 12.2 Å². The average molecular weight is 255 g/mol. The molecular formula is C15H29NO2. The van der Waals surface area contributed by atoms with Gasteiger partial charge in [-0.05, 0) is 40.0 Å². The highest BCUT2D eigenvalue weighted by Gasteiger charge is 2.32. The standard InChI is InChI=1S/C15H29NO2/c1-6-11(7-2)18-13-10-8-9-12(14(13)17)16-15(3,4)5/h8,10-14,16-17H,6-7,9H2,1-5H3/t12-,13-,14+/m1/s1. The fourth-order valence-corrected chi connectivity index (χ4v) is 2.37. The Kier molecular flexibility index (Phi) is 5.83. The van der Waals surface area contributed by atoms with Crippen molar-refractivity contribution in [3.63, 3.8) is 0 Å². The lowest BCUT2D eigenvalue weighted by atomic mass is 9.93. The molecule has 3 heteroatoms. The molecule has 1 aliphatic carbocycles. The molecule has 0 spiro atoms. The van der Waals surface area contributed by atoms with Gasteiger partial charge in [0, 0.05) is 11.6 Å². The van der Waals surface area contributed by atoms with Crippen molar-refractivity contribution in [2.75, 3.05) is 0 Å². The summed E-state index contributed by atoms with van der Waals surface area (Å²) in [5.74, 6) is 0. The number of aliphatic hydroxyl groups is 1. The second-order valence-electron chi connectivity index (χ2n) is 6.19. The predicted molar refractivity (Wildman–Crippen MR) is 75.7 cm³/mol. The molecule has 0 heterocycles. The van der Waals surface area contributed by atoms with E-state index in [0.29, 0.717) is 0 Å². The molecular weight excluding hydrogens is 226 g/mol. The molecule has 0 aliphatic heterocycles. The highest BCUT2D eigenvalue weighted by Crippen LogP contribution is 2.21. The normalized spacial score (nSPS) is 28.9. The fourth-order valence-electron chi connectivity index (χ4n) is 2.37. The van der Waals surface area contributed by atoms with E-state index in [1.54, 1.807) is 0 Å². The Morgan fingerprint density at radius 3 is 2.44 bits per heavy atom. The van der Waals surface area contributed by atoms with Gasteiger partial charge in [0.25, 0.3) is 0 Å². The Morgan fingerprint density at radius 1 is 1.33 bits per heavy atom. The Bertz CT molecular complexity index is 266. The minimum atomic E-state index is -0.463. The topological polar surface area (TPSA) is 41.5 Å². The number of hydrogen-bond donors (Lipinski definition) is 2. The average Bonchev–Trinajstić information content (AvgIpc) is 2.28. The van der Waals surface area contributed by atoms with Gasteiger partial charge in [0.15, 0.2) is 0 Å². The quantitative estimate of drug-likeness (QED) is 0.742. The third-order valence-corrected chi connectivity index (χ3v) is 3.34. The van der Waals surface area contributed by atoms with E-state index < -0.39 is 6.10 Å². The molecule has 0 saturated heterocycles. The van der Waals surface area contributed by atoms with Crippen molar-refractivity contribution in [1.82, 2.24) is 5.32 Å². The second kappa shape index (κ2) is 6.69. The molecule has 3 nitrogen and oxygen atoms in total. The smallest absolute Gasteiger partial charge is 0.103 e. The molecule has 1 aliphatic rings. The van der Waals surface area contributed by atoms with Crippen LogP contribution in [0, 0.1) is 0 Å². The molecule has 0 aromatic rings. The zero-order valence-electron chi connectivity index (χ0n) is 12.4. The Hall–Kier alpha value is -0.380. The van der Waals surface area contributed by atoms with Crippen molar-refractivity contribution in [3.8, 4) is 0 Å². The Labute approximate surface area is 112 Å². The van der Waals surface area contributed by atoms with Crippen LogP contribution < -0.4 is 5.32 Å². The van der Waals surface area contributed by atoms with Crippen molar-refractivity contribution in [2.24, 2.45) is 0 Å². The van der Waals surface area contributed by atoms with Crippen LogP contribution in [0.3, 0.4) is 0 Å². The van der Waals surface area contributed by atoms with Gasteiger partial charge in [0.2, 0.25) is 0 Å². The van der Waals surface area contributed by atoms with Gasteiger partial charge in [-0.15, -0.1) is 0 Å². The fraction of sp³-hybridized carbons (Fsp3) is 0.867. The van der Waals surface area contributed by atoms with Crippen molar-refractivity contribution >= 4 is 0 Å². The first-order chi connectivity index (χ1) is 8.37. The first-order valence-corrected chi connectivity index (χ1v) is 7.15. The zero-order chi connectivity index (χ0) is 13.8. The largest absolute Gasteiger partial charge is 0.388 e. The molecule has 0 radical (unpaired) electrons. The molecule has 1 rings (SSSR count). The van der Waals surface area contributed by atoms with Gasteiger partial charge in [0.1, 0.15) is 6.10 Å². The summed E-state index contributed by atoms with van der Waals surface area (Å²) in [6.45, 7) is 10.6. The third kappa shape index (κ3) is 4.71. The summed E-state index contributed by atoms with van der Waals surface area (Å²) >= 11 is 0. The molecule has 18 heavy (non-hydrogen) atoms. The van der Waals surface area contributed by atoms with E-state index in [0.717, 1.165) is 19.3 Å². The number of aliphatic hydroxyl groups excluding tert-OH is 1. The van der Waals surface area contributed by atoms with Crippen LogP contribution in [0.4, 0.5) is 0 Å². The first kappa shape index (κ1) is 15.7. The summed E-state index contributed by atoms with van der Waals surface area (Å²) in [6.07, 6.45) is 6.56. The van der Waals surface area contributed by atoms with Crippen LogP contribution in [-0.2, 0) is 4.74 Å². The maximum absolute atomic E-state index is 10.4. The van der Waals surface area contributed by atoms with Crippen LogP contribution >= 0.6 is 0 Å².